The van der Waals surface area contributed by atoms with Gasteiger partial charge in [0.1, 0.15) is 11.6 Å². The molecule has 0 spiro atoms. The molecule has 1 N–H and O–H groups in total. The Labute approximate surface area is 188 Å². The average molecular weight is 437 g/mol. The number of nitrogens with zero attached hydrogens (tertiary/aromatic N) is 1. The molecule has 1 aliphatic rings. The van der Waals surface area contributed by atoms with Crippen LogP contribution in [0.4, 0.5) is 10.5 Å². The van der Waals surface area contributed by atoms with Crippen molar-refractivity contribution in [1.29, 1.82) is 0 Å². The Morgan fingerprint density at radius 3 is 2.61 bits per heavy atom. The Morgan fingerprint density at radius 2 is 1.94 bits per heavy atom. The molecule has 31 heavy (non-hydrogen) atoms. The number of benzene rings is 2. The van der Waals surface area contributed by atoms with Gasteiger partial charge in [-0.1, -0.05) is 36.4 Å². The van der Waals surface area contributed by atoms with Crippen molar-refractivity contribution in [3.63, 3.8) is 0 Å². The quantitative estimate of drug-likeness (QED) is 0.575. The van der Waals surface area contributed by atoms with Crippen molar-refractivity contribution in [2.45, 2.75) is 45.4 Å². The third kappa shape index (κ3) is 4.97. The first-order valence-electron chi connectivity index (χ1n) is 10.3. The second-order valence-electron chi connectivity index (χ2n) is 8.67. The first-order chi connectivity index (χ1) is 14.8. The van der Waals surface area contributed by atoms with E-state index in [2.05, 4.69) is 22.8 Å². The van der Waals surface area contributed by atoms with Gasteiger partial charge < -0.3 is 15.0 Å². The zero-order valence-electron chi connectivity index (χ0n) is 17.9. The van der Waals surface area contributed by atoms with Gasteiger partial charge in [0.25, 0.3) is 0 Å². The van der Waals surface area contributed by atoms with Crippen LogP contribution in [0.25, 0.3) is 11.1 Å². The van der Waals surface area contributed by atoms with E-state index in [-0.39, 0.29) is 7.33 Å². The van der Waals surface area contributed by atoms with Crippen molar-refractivity contribution in [1.82, 2.24) is 5.32 Å². The van der Waals surface area contributed by atoms with Crippen molar-refractivity contribution >= 4 is 29.0 Å². The number of fused-ring (bicyclic) bond motifs is 1. The smallest absolute Gasteiger partial charge is 0.408 e. The van der Waals surface area contributed by atoms with Crippen LogP contribution < -0.4 is 10.2 Å². The zero-order chi connectivity index (χ0) is 22.0. The summed E-state index contributed by atoms with van der Waals surface area (Å²) in [6, 6.07) is 17.4. The molecule has 0 radical (unpaired) electrons. The number of alkyl carbamates (subject to hydrolysis) is 1. The number of nitrogens with one attached hydrogen (secondary N) is 1. The molecule has 0 bridgehead atoms. The Hall–Kier alpha value is -3.12. The van der Waals surface area contributed by atoms with Crippen molar-refractivity contribution in [3.05, 3.63) is 76.5 Å². The van der Waals surface area contributed by atoms with E-state index in [1.54, 1.807) is 37.0 Å². The van der Waals surface area contributed by atoms with Gasteiger partial charge in [0.05, 0.1) is 6.54 Å². The highest BCUT2D eigenvalue weighted by Crippen LogP contribution is 2.34. The van der Waals surface area contributed by atoms with Crippen LogP contribution >= 0.6 is 11.3 Å². The molecule has 2 amide bonds. The van der Waals surface area contributed by atoms with Gasteiger partial charge in [0.2, 0.25) is 5.91 Å². The second-order valence-corrected chi connectivity index (χ2v) is 9.45. The fraction of sp³-hybridized carbons (Fsp3) is 0.280. The summed E-state index contributed by atoms with van der Waals surface area (Å²) in [4.78, 5) is 27.5. The SMILES string of the molecule is CC(C)(C)OC(=O)NC1Cc2cc(-c3ccsc3)ccc2N(Cc2ccccc2)C1=O.[HH]. The minimum Gasteiger partial charge on any atom is -0.444 e. The average Bonchev–Trinajstić information content (AvgIpc) is 3.25. The number of hydrogen-bond donors (Lipinski definition) is 1. The Kier molecular flexibility index (Phi) is 5.83. The molecule has 4 rings (SSSR count). The van der Waals surface area contributed by atoms with Crippen LogP contribution in [0.3, 0.4) is 0 Å². The molecule has 162 valence electrons. The maximum absolute atomic E-state index is 13.4. The van der Waals surface area contributed by atoms with Gasteiger partial charge in [0, 0.05) is 13.5 Å². The predicted octanol–water partition coefficient (Wildman–Crippen LogP) is 5.64. The monoisotopic (exact) mass is 436 g/mol. The van der Waals surface area contributed by atoms with Crippen molar-refractivity contribution in [3.8, 4) is 11.1 Å². The largest absolute Gasteiger partial charge is 0.444 e. The first-order valence-corrected chi connectivity index (χ1v) is 11.2. The highest BCUT2D eigenvalue weighted by atomic mass is 32.1. The lowest BCUT2D eigenvalue weighted by molar-refractivity contribution is -0.121. The summed E-state index contributed by atoms with van der Waals surface area (Å²) in [5.41, 5.74) is 4.56. The predicted molar refractivity (Wildman–Crippen MR) is 126 cm³/mol. The van der Waals surface area contributed by atoms with Gasteiger partial charge in [0.15, 0.2) is 0 Å². The van der Waals surface area contributed by atoms with Gasteiger partial charge in [-0.05, 0) is 72.0 Å². The molecule has 1 unspecified atom stereocenters. The number of carbonyl (C=O) groups excluding carboxylic acids is 2. The van der Waals surface area contributed by atoms with E-state index in [4.69, 9.17) is 4.74 Å². The summed E-state index contributed by atoms with van der Waals surface area (Å²) in [5.74, 6) is -0.134. The number of ether oxygens (including phenoxy) is 1. The summed E-state index contributed by atoms with van der Waals surface area (Å²) >= 11 is 1.65. The minimum atomic E-state index is -0.677. The number of amides is 2. The van der Waals surface area contributed by atoms with Gasteiger partial charge in [-0.15, -0.1) is 0 Å². The molecule has 5 nitrogen and oxygen atoms in total. The third-order valence-corrected chi connectivity index (χ3v) is 5.77. The lowest BCUT2D eigenvalue weighted by Crippen LogP contribution is -2.53. The molecular weight excluding hydrogens is 408 g/mol. The molecule has 0 saturated heterocycles. The van der Waals surface area contributed by atoms with Gasteiger partial charge in [-0.25, -0.2) is 4.79 Å². The van der Waals surface area contributed by atoms with Crippen LogP contribution in [0.15, 0.2) is 65.4 Å². The summed E-state index contributed by atoms with van der Waals surface area (Å²) in [5, 5.41) is 6.94. The van der Waals surface area contributed by atoms with E-state index < -0.39 is 17.7 Å². The van der Waals surface area contributed by atoms with Crippen LogP contribution in [-0.2, 0) is 22.5 Å². The van der Waals surface area contributed by atoms with Crippen molar-refractivity contribution in [2.24, 2.45) is 0 Å². The van der Waals surface area contributed by atoms with Crippen molar-refractivity contribution in [2.75, 3.05) is 4.90 Å². The minimum absolute atomic E-state index is 0. The Morgan fingerprint density at radius 1 is 1.16 bits per heavy atom. The summed E-state index contributed by atoms with van der Waals surface area (Å²) in [6.07, 6.45) is -0.153. The molecule has 2 heterocycles. The fourth-order valence-electron chi connectivity index (χ4n) is 3.73. The Bertz CT molecular complexity index is 1080. The maximum Gasteiger partial charge on any atom is 0.408 e. The number of anilines is 1. The highest BCUT2D eigenvalue weighted by molar-refractivity contribution is 7.08. The molecular formula is C25H28N2O3S. The molecule has 3 aromatic rings. The fourth-order valence-corrected chi connectivity index (χ4v) is 4.39. The first kappa shape index (κ1) is 21.1. The number of hydrogen-bond acceptors (Lipinski definition) is 4. The van der Waals surface area contributed by atoms with E-state index in [0.717, 1.165) is 27.9 Å². The molecule has 0 fully saturated rings. The molecule has 0 aliphatic carbocycles. The normalized spacial score (nSPS) is 16.0. The van der Waals surface area contributed by atoms with Gasteiger partial charge >= 0.3 is 6.09 Å². The maximum atomic E-state index is 13.4. The number of carbonyl (C=O) groups is 2. The van der Waals surface area contributed by atoms with Crippen LogP contribution in [0.5, 0.6) is 0 Å². The van der Waals surface area contributed by atoms with E-state index in [1.165, 1.54) is 0 Å². The molecule has 0 saturated carbocycles. The van der Waals surface area contributed by atoms with E-state index in [0.29, 0.717) is 13.0 Å². The van der Waals surface area contributed by atoms with Crippen LogP contribution in [-0.4, -0.2) is 23.6 Å². The molecule has 2 aromatic carbocycles. The molecule has 1 aromatic heterocycles. The topological polar surface area (TPSA) is 58.6 Å². The summed E-state index contributed by atoms with van der Waals surface area (Å²) in [7, 11) is 0. The van der Waals surface area contributed by atoms with E-state index in [9.17, 15) is 9.59 Å². The molecule has 1 aliphatic heterocycles. The van der Waals surface area contributed by atoms with E-state index in [1.807, 2.05) is 47.8 Å². The molecule has 6 heteroatoms. The van der Waals surface area contributed by atoms with Crippen LogP contribution in [0.2, 0.25) is 0 Å². The highest BCUT2D eigenvalue weighted by Gasteiger charge is 2.35. The van der Waals surface area contributed by atoms with Gasteiger partial charge in [-0.3, -0.25) is 4.79 Å². The van der Waals surface area contributed by atoms with Crippen LogP contribution in [0.1, 0.15) is 33.3 Å². The Balaban J connectivity index is 0.00000289. The second kappa shape index (κ2) is 8.55. The zero-order valence-corrected chi connectivity index (χ0v) is 18.7. The number of thiophene rings is 1. The lowest BCUT2D eigenvalue weighted by atomic mass is 9.93. The summed E-state index contributed by atoms with van der Waals surface area (Å²) < 4.78 is 5.39. The van der Waals surface area contributed by atoms with Crippen molar-refractivity contribution < 1.29 is 15.8 Å². The molecule has 1 atom stereocenters. The van der Waals surface area contributed by atoms with Crippen LogP contribution in [0, 0.1) is 0 Å². The van der Waals surface area contributed by atoms with E-state index >= 15 is 0 Å². The number of rotatable bonds is 4. The summed E-state index contributed by atoms with van der Waals surface area (Å²) in [6.45, 7) is 5.86. The standard InChI is InChI=1S/C25H26N2O3S.H2/c1-25(2,3)30-24(29)26-21-14-20-13-18(19-11-12-31-16-19)9-10-22(20)27(23(21)28)15-17-7-5-4-6-8-17;/h4-13,16,21H,14-15H2,1-3H3,(H,26,29);1H. The lowest BCUT2D eigenvalue weighted by Gasteiger charge is -2.35. The van der Waals surface area contributed by atoms with Gasteiger partial charge in [-0.2, -0.15) is 11.3 Å². The third-order valence-electron chi connectivity index (χ3n) is 5.09.